The second kappa shape index (κ2) is 5.34. The molecule has 0 fully saturated rings. The Hall–Kier alpha value is -2.13. The summed E-state index contributed by atoms with van der Waals surface area (Å²) in [4.78, 5) is 13.5. The fourth-order valence-corrected chi connectivity index (χ4v) is 4.08. The van der Waals surface area contributed by atoms with E-state index in [1.165, 1.54) is 20.9 Å². The van der Waals surface area contributed by atoms with Gasteiger partial charge in [0, 0.05) is 18.1 Å². The number of aromatic nitrogens is 2. The number of aryl methyl sites for hydroxylation is 1. The molecule has 0 radical (unpaired) electrons. The van der Waals surface area contributed by atoms with Gasteiger partial charge in [0.1, 0.15) is 16.8 Å². The zero-order chi connectivity index (χ0) is 15.0. The Labute approximate surface area is 127 Å². The van der Waals surface area contributed by atoms with Crippen molar-refractivity contribution in [3.8, 4) is 6.07 Å². The molecule has 2 aromatic rings. The topological polar surface area (TPSA) is 70.7 Å². The van der Waals surface area contributed by atoms with Crippen molar-refractivity contribution < 1.29 is 4.79 Å². The van der Waals surface area contributed by atoms with E-state index < -0.39 is 0 Å². The molecule has 1 aliphatic carbocycles. The summed E-state index contributed by atoms with van der Waals surface area (Å²) in [6.07, 6.45) is 4.61. The van der Waals surface area contributed by atoms with E-state index in [0.717, 1.165) is 24.8 Å². The van der Waals surface area contributed by atoms with E-state index in [2.05, 4.69) is 23.4 Å². The number of carbonyl (C=O) groups is 1. The Morgan fingerprint density at radius 3 is 3.10 bits per heavy atom. The van der Waals surface area contributed by atoms with Crippen LogP contribution in [-0.2, 0) is 19.9 Å². The van der Waals surface area contributed by atoms with Crippen LogP contribution < -0.4 is 5.32 Å². The number of nitriles is 1. The zero-order valence-electron chi connectivity index (χ0n) is 12.0. The summed E-state index contributed by atoms with van der Waals surface area (Å²) in [6, 6.07) is 3.92. The molecule has 0 spiro atoms. The molecule has 0 bridgehead atoms. The van der Waals surface area contributed by atoms with E-state index in [1.54, 1.807) is 19.3 Å². The predicted molar refractivity (Wildman–Crippen MR) is 81.4 cm³/mol. The normalized spacial score (nSPS) is 17.1. The predicted octanol–water partition coefficient (Wildman–Crippen LogP) is 2.73. The van der Waals surface area contributed by atoms with E-state index in [-0.39, 0.29) is 5.91 Å². The first kappa shape index (κ1) is 13.8. The quantitative estimate of drug-likeness (QED) is 0.927. The standard InChI is InChI=1S/C15H16N4OS/c1-9-3-4-10-11(8-16)15(21-13(10)7-9)18-14(20)12-5-6-17-19(12)2/h5-6,9H,3-4,7H2,1-2H3,(H,18,20). The van der Waals surface area contributed by atoms with Crippen LogP contribution in [0, 0.1) is 17.2 Å². The molecule has 0 saturated carbocycles. The fraction of sp³-hybridized carbons (Fsp3) is 0.400. The second-order valence-corrected chi connectivity index (χ2v) is 6.57. The van der Waals surface area contributed by atoms with Crippen LogP contribution in [0.1, 0.15) is 39.8 Å². The highest BCUT2D eigenvalue weighted by molar-refractivity contribution is 7.16. The highest BCUT2D eigenvalue weighted by atomic mass is 32.1. The Morgan fingerprint density at radius 2 is 2.43 bits per heavy atom. The lowest BCUT2D eigenvalue weighted by Gasteiger charge is -2.17. The van der Waals surface area contributed by atoms with Crippen LogP contribution in [0.15, 0.2) is 12.3 Å². The van der Waals surface area contributed by atoms with Crippen LogP contribution in [0.3, 0.4) is 0 Å². The Balaban J connectivity index is 1.91. The summed E-state index contributed by atoms with van der Waals surface area (Å²) in [5.41, 5.74) is 2.25. The lowest BCUT2D eigenvalue weighted by molar-refractivity contribution is 0.101. The number of hydrogen-bond acceptors (Lipinski definition) is 4. The molecule has 108 valence electrons. The first-order chi connectivity index (χ1) is 10.1. The molecule has 5 nitrogen and oxygen atoms in total. The van der Waals surface area contributed by atoms with Crippen molar-refractivity contribution >= 4 is 22.2 Å². The maximum absolute atomic E-state index is 12.3. The summed E-state index contributed by atoms with van der Waals surface area (Å²) < 4.78 is 1.52. The fourth-order valence-electron chi connectivity index (χ4n) is 2.72. The van der Waals surface area contributed by atoms with Gasteiger partial charge in [-0.15, -0.1) is 11.3 Å². The van der Waals surface area contributed by atoms with Gasteiger partial charge in [-0.25, -0.2) is 0 Å². The minimum absolute atomic E-state index is 0.224. The Kier molecular flexibility index (Phi) is 3.52. The minimum atomic E-state index is -0.224. The largest absolute Gasteiger partial charge is 0.311 e. The van der Waals surface area contributed by atoms with E-state index in [0.29, 0.717) is 22.2 Å². The third-order valence-electron chi connectivity index (χ3n) is 3.90. The van der Waals surface area contributed by atoms with Crippen molar-refractivity contribution in [2.75, 3.05) is 5.32 Å². The number of rotatable bonds is 2. The molecule has 3 rings (SSSR count). The number of nitrogens with one attached hydrogen (secondary N) is 1. The van der Waals surface area contributed by atoms with E-state index in [9.17, 15) is 10.1 Å². The molecule has 1 N–H and O–H groups in total. The molecule has 1 amide bonds. The van der Waals surface area contributed by atoms with Gasteiger partial charge in [0.15, 0.2) is 0 Å². The monoisotopic (exact) mass is 300 g/mol. The summed E-state index contributed by atoms with van der Waals surface area (Å²) in [5, 5.41) is 16.9. The SMILES string of the molecule is CC1CCc2c(sc(NC(=O)c3ccnn3C)c2C#N)C1. The van der Waals surface area contributed by atoms with Crippen molar-refractivity contribution in [1.29, 1.82) is 5.26 Å². The van der Waals surface area contributed by atoms with Gasteiger partial charge in [-0.2, -0.15) is 10.4 Å². The van der Waals surface area contributed by atoms with Crippen LogP contribution in [0.4, 0.5) is 5.00 Å². The summed E-state index contributed by atoms with van der Waals surface area (Å²) in [7, 11) is 1.72. The number of nitrogens with zero attached hydrogens (tertiary/aromatic N) is 3. The Bertz CT molecular complexity index is 737. The van der Waals surface area contributed by atoms with E-state index in [4.69, 9.17) is 0 Å². The van der Waals surface area contributed by atoms with Gasteiger partial charge in [0.25, 0.3) is 5.91 Å². The number of fused-ring (bicyclic) bond motifs is 1. The van der Waals surface area contributed by atoms with Crippen molar-refractivity contribution in [3.05, 3.63) is 34.0 Å². The van der Waals surface area contributed by atoms with Crippen molar-refractivity contribution in [1.82, 2.24) is 9.78 Å². The van der Waals surface area contributed by atoms with Crippen LogP contribution >= 0.6 is 11.3 Å². The van der Waals surface area contributed by atoms with Gasteiger partial charge in [-0.3, -0.25) is 9.48 Å². The molecule has 6 heteroatoms. The molecular formula is C15H16N4OS. The van der Waals surface area contributed by atoms with Gasteiger partial charge >= 0.3 is 0 Å². The van der Waals surface area contributed by atoms with Crippen molar-refractivity contribution in [2.45, 2.75) is 26.2 Å². The lowest BCUT2D eigenvalue weighted by Crippen LogP contribution is -2.16. The molecular weight excluding hydrogens is 284 g/mol. The molecule has 1 aliphatic rings. The van der Waals surface area contributed by atoms with Crippen LogP contribution in [0.2, 0.25) is 0 Å². The van der Waals surface area contributed by atoms with Crippen LogP contribution in [-0.4, -0.2) is 15.7 Å². The summed E-state index contributed by atoms with van der Waals surface area (Å²) in [5.74, 6) is 0.418. The van der Waals surface area contributed by atoms with Crippen molar-refractivity contribution in [3.63, 3.8) is 0 Å². The maximum Gasteiger partial charge on any atom is 0.274 e. The minimum Gasteiger partial charge on any atom is -0.311 e. The van der Waals surface area contributed by atoms with Crippen LogP contribution in [0.25, 0.3) is 0 Å². The third-order valence-corrected chi connectivity index (χ3v) is 5.07. The smallest absolute Gasteiger partial charge is 0.274 e. The van der Waals surface area contributed by atoms with Gasteiger partial charge in [-0.1, -0.05) is 6.92 Å². The number of thiophene rings is 1. The Morgan fingerprint density at radius 1 is 1.62 bits per heavy atom. The van der Waals surface area contributed by atoms with E-state index in [1.807, 2.05) is 0 Å². The average molecular weight is 300 g/mol. The average Bonchev–Trinajstić information content (AvgIpc) is 3.01. The first-order valence-electron chi connectivity index (χ1n) is 6.94. The zero-order valence-corrected chi connectivity index (χ0v) is 12.8. The van der Waals surface area contributed by atoms with Gasteiger partial charge in [0.05, 0.1) is 5.56 Å². The molecule has 0 saturated heterocycles. The molecule has 1 unspecified atom stereocenters. The van der Waals surface area contributed by atoms with E-state index >= 15 is 0 Å². The number of carbonyl (C=O) groups excluding carboxylic acids is 1. The van der Waals surface area contributed by atoms with Gasteiger partial charge in [0.2, 0.25) is 0 Å². The first-order valence-corrected chi connectivity index (χ1v) is 7.75. The second-order valence-electron chi connectivity index (χ2n) is 5.46. The molecule has 2 aromatic heterocycles. The van der Waals surface area contributed by atoms with Gasteiger partial charge < -0.3 is 5.32 Å². The summed E-state index contributed by atoms with van der Waals surface area (Å²) in [6.45, 7) is 2.22. The van der Waals surface area contributed by atoms with Crippen LogP contribution in [0.5, 0.6) is 0 Å². The third kappa shape index (κ3) is 2.45. The lowest BCUT2D eigenvalue weighted by atomic mass is 9.89. The number of hydrogen-bond donors (Lipinski definition) is 1. The molecule has 21 heavy (non-hydrogen) atoms. The molecule has 2 heterocycles. The molecule has 0 aromatic carbocycles. The number of anilines is 1. The highest BCUT2D eigenvalue weighted by Gasteiger charge is 2.25. The molecule has 0 aliphatic heterocycles. The maximum atomic E-state index is 12.3. The van der Waals surface area contributed by atoms with Gasteiger partial charge in [-0.05, 0) is 36.8 Å². The molecule has 1 atom stereocenters. The number of amides is 1. The van der Waals surface area contributed by atoms with Crippen molar-refractivity contribution in [2.24, 2.45) is 13.0 Å². The highest BCUT2D eigenvalue weighted by Crippen LogP contribution is 2.39. The summed E-state index contributed by atoms with van der Waals surface area (Å²) >= 11 is 1.54.